The van der Waals surface area contributed by atoms with Gasteiger partial charge in [-0.2, -0.15) is 5.10 Å². The molecule has 1 aromatic rings. The van der Waals surface area contributed by atoms with Gasteiger partial charge in [0.15, 0.2) is 0 Å². The van der Waals surface area contributed by atoms with Crippen LogP contribution in [0.2, 0.25) is 0 Å². The first kappa shape index (κ1) is 16.7. The third-order valence-corrected chi connectivity index (χ3v) is 3.52. The number of nitrogens with zero attached hydrogens (tertiary/aromatic N) is 3. The van der Waals surface area contributed by atoms with Gasteiger partial charge in [-0.1, -0.05) is 13.8 Å². The SMILES string of the molecule is CNCCN(C)C(=O)Cc1c(C)nn(CC(C)C)c1C. The van der Waals surface area contributed by atoms with E-state index in [1.165, 1.54) is 0 Å². The van der Waals surface area contributed by atoms with E-state index < -0.39 is 0 Å². The van der Waals surface area contributed by atoms with Crippen molar-refractivity contribution in [1.82, 2.24) is 20.0 Å². The van der Waals surface area contributed by atoms with Crippen LogP contribution in [0.3, 0.4) is 0 Å². The highest BCUT2D eigenvalue weighted by Gasteiger charge is 2.17. The maximum absolute atomic E-state index is 12.2. The van der Waals surface area contributed by atoms with Crippen molar-refractivity contribution in [2.24, 2.45) is 5.92 Å². The monoisotopic (exact) mass is 280 g/mol. The van der Waals surface area contributed by atoms with Crippen LogP contribution in [0, 0.1) is 19.8 Å². The Kier molecular flexibility index (Phi) is 6.20. The van der Waals surface area contributed by atoms with E-state index >= 15 is 0 Å². The molecule has 0 fully saturated rings. The van der Waals surface area contributed by atoms with E-state index in [1.54, 1.807) is 4.90 Å². The molecule has 1 aromatic heterocycles. The molecule has 0 spiro atoms. The number of carbonyl (C=O) groups is 1. The molecule has 0 atom stereocenters. The molecule has 1 N–H and O–H groups in total. The number of nitrogens with one attached hydrogen (secondary N) is 1. The Morgan fingerprint density at radius 2 is 2.05 bits per heavy atom. The summed E-state index contributed by atoms with van der Waals surface area (Å²) in [5.74, 6) is 0.699. The molecule has 0 aromatic carbocycles. The summed E-state index contributed by atoms with van der Waals surface area (Å²) in [6, 6.07) is 0. The number of rotatable bonds is 7. The Morgan fingerprint density at radius 1 is 1.40 bits per heavy atom. The molecule has 0 unspecified atom stereocenters. The molecule has 5 nitrogen and oxygen atoms in total. The number of hydrogen-bond donors (Lipinski definition) is 1. The molecule has 0 radical (unpaired) electrons. The fraction of sp³-hybridized carbons (Fsp3) is 0.733. The highest BCUT2D eigenvalue weighted by Crippen LogP contribution is 2.16. The molecular formula is C15H28N4O. The van der Waals surface area contributed by atoms with E-state index in [0.717, 1.165) is 36.6 Å². The second kappa shape index (κ2) is 7.43. The minimum atomic E-state index is 0.149. The van der Waals surface area contributed by atoms with E-state index in [4.69, 9.17) is 0 Å². The van der Waals surface area contributed by atoms with Crippen molar-refractivity contribution in [3.05, 3.63) is 17.0 Å². The second-order valence-electron chi connectivity index (χ2n) is 5.82. The van der Waals surface area contributed by atoms with Gasteiger partial charge in [-0.25, -0.2) is 0 Å². The van der Waals surface area contributed by atoms with E-state index in [9.17, 15) is 4.79 Å². The van der Waals surface area contributed by atoms with Crippen molar-refractivity contribution >= 4 is 5.91 Å². The second-order valence-corrected chi connectivity index (χ2v) is 5.82. The van der Waals surface area contributed by atoms with E-state index in [0.29, 0.717) is 12.3 Å². The van der Waals surface area contributed by atoms with Gasteiger partial charge in [-0.05, 0) is 26.8 Å². The van der Waals surface area contributed by atoms with Crippen LogP contribution in [-0.2, 0) is 17.8 Å². The Bertz CT molecular complexity index is 451. The van der Waals surface area contributed by atoms with Gasteiger partial charge in [-0.3, -0.25) is 9.48 Å². The standard InChI is InChI=1S/C15H28N4O/c1-11(2)10-19-13(4)14(12(3)17-19)9-15(20)18(6)8-7-16-5/h11,16H,7-10H2,1-6H3. The molecule has 0 aliphatic heterocycles. The molecule has 0 aliphatic rings. The predicted molar refractivity (Wildman–Crippen MR) is 81.8 cm³/mol. The largest absolute Gasteiger partial charge is 0.344 e. The molecule has 0 saturated heterocycles. The lowest BCUT2D eigenvalue weighted by Gasteiger charge is -2.17. The van der Waals surface area contributed by atoms with Crippen molar-refractivity contribution in [2.75, 3.05) is 27.2 Å². The number of amides is 1. The molecule has 0 bridgehead atoms. The Morgan fingerprint density at radius 3 is 2.60 bits per heavy atom. The van der Waals surface area contributed by atoms with Crippen LogP contribution in [0.5, 0.6) is 0 Å². The zero-order valence-electron chi connectivity index (χ0n) is 13.7. The minimum Gasteiger partial charge on any atom is -0.344 e. The first-order valence-corrected chi connectivity index (χ1v) is 7.28. The van der Waals surface area contributed by atoms with Gasteiger partial charge in [0.1, 0.15) is 0 Å². The minimum absolute atomic E-state index is 0.149. The predicted octanol–water partition coefficient (Wildman–Crippen LogP) is 1.38. The zero-order chi connectivity index (χ0) is 15.3. The summed E-state index contributed by atoms with van der Waals surface area (Å²) < 4.78 is 2.02. The molecule has 5 heteroatoms. The Labute approximate surface area is 122 Å². The summed E-state index contributed by atoms with van der Waals surface area (Å²) in [6.45, 7) is 10.8. The summed E-state index contributed by atoms with van der Waals surface area (Å²) in [5, 5.41) is 7.61. The Hall–Kier alpha value is -1.36. The third-order valence-electron chi connectivity index (χ3n) is 3.52. The van der Waals surface area contributed by atoms with Crippen molar-refractivity contribution in [3.63, 3.8) is 0 Å². The maximum atomic E-state index is 12.2. The summed E-state index contributed by atoms with van der Waals surface area (Å²) in [4.78, 5) is 14.0. The normalized spacial score (nSPS) is 11.2. The lowest BCUT2D eigenvalue weighted by Crippen LogP contribution is -2.34. The van der Waals surface area contributed by atoms with E-state index in [2.05, 4.69) is 31.2 Å². The number of likely N-dealkylation sites (N-methyl/N-ethyl adjacent to an activating group) is 2. The van der Waals surface area contributed by atoms with Crippen LogP contribution >= 0.6 is 0 Å². The molecule has 20 heavy (non-hydrogen) atoms. The smallest absolute Gasteiger partial charge is 0.226 e. The average molecular weight is 280 g/mol. The summed E-state index contributed by atoms with van der Waals surface area (Å²) >= 11 is 0. The average Bonchev–Trinajstić information content (AvgIpc) is 2.62. The molecule has 1 amide bonds. The maximum Gasteiger partial charge on any atom is 0.226 e. The first-order valence-electron chi connectivity index (χ1n) is 7.28. The van der Waals surface area contributed by atoms with Crippen LogP contribution in [0.25, 0.3) is 0 Å². The van der Waals surface area contributed by atoms with Crippen LogP contribution in [-0.4, -0.2) is 47.8 Å². The summed E-state index contributed by atoms with van der Waals surface area (Å²) in [6.07, 6.45) is 0.440. The summed E-state index contributed by atoms with van der Waals surface area (Å²) in [5.41, 5.74) is 3.16. The molecule has 0 aliphatic carbocycles. The van der Waals surface area contributed by atoms with Crippen molar-refractivity contribution in [1.29, 1.82) is 0 Å². The highest BCUT2D eigenvalue weighted by molar-refractivity contribution is 5.79. The van der Waals surface area contributed by atoms with Crippen LogP contribution in [0.15, 0.2) is 0 Å². The van der Waals surface area contributed by atoms with Gasteiger partial charge in [-0.15, -0.1) is 0 Å². The van der Waals surface area contributed by atoms with Crippen LogP contribution < -0.4 is 5.32 Å². The van der Waals surface area contributed by atoms with E-state index in [1.807, 2.05) is 25.7 Å². The lowest BCUT2D eigenvalue weighted by molar-refractivity contribution is -0.129. The van der Waals surface area contributed by atoms with Gasteiger partial charge in [0.25, 0.3) is 0 Å². The first-order chi connectivity index (χ1) is 9.36. The van der Waals surface area contributed by atoms with E-state index in [-0.39, 0.29) is 5.91 Å². The fourth-order valence-electron chi connectivity index (χ4n) is 2.20. The molecule has 114 valence electrons. The fourth-order valence-corrected chi connectivity index (χ4v) is 2.20. The van der Waals surface area contributed by atoms with Crippen molar-refractivity contribution in [3.8, 4) is 0 Å². The molecular weight excluding hydrogens is 252 g/mol. The number of hydrogen-bond acceptors (Lipinski definition) is 3. The lowest BCUT2D eigenvalue weighted by atomic mass is 10.1. The quantitative estimate of drug-likeness (QED) is 0.821. The van der Waals surface area contributed by atoms with Gasteiger partial charge in [0.2, 0.25) is 5.91 Å². The van der Waals surface area contributed by atoms with Gasteiger partial charge >= 0.3 is 0 Å². The number of aromatic nitrogens is 2. The highest BCUT2D eigenvalue weighted by atomic mass is 16.2. The molecule has 1 rings (SSSR count). The van der Waals surface area contributed by atoms with Crippen LogP contribution in [0.1, 0.15) is 30.8 Å². The van der Waals surface area contributed by atoms with Gasteiger partial charge in [0, 0.05) is 37.9 Å². The topological polar surface area (TPSA) is 50.2 Å². The number of aryl methyl sites for hydroxylation is 1. The van der Waals surface area contributed by atoms with Crippen molar-refractivity contribution in [2.45, 2.75) is 40.7 Å². The number of carbonyl (C=O) groups excluding carboxylic acids is 1. The third kappa shape index (κ3) is 4.34. The van der Waals surface area contributed by atoms with Gasteiger partial charge in [0.05, 0.1) is 12.1 Å². The van der Waals surface area contributed by atoms with Gasteiger partial charge < -0.3 is 10.2 Å². The molecule has 1 heterocycles. The Balaban J connectivity index is 2.77. The van der Waals surface area contributed by atoms with Crippen LogP contribution in [0.4, 0.5) is 0 Å². The van der Waals surface area contributed by atoms with Crippen molar-refractivity contribution < 1.29 is 4.79 Å². The molecule has 0 saturated carbocycles. The zero-order valence-corrected chi connectivity index (χ0v) is 13.7. The summed E-state index contributed by atoms with van der Waals surface area (Å²) in [7, 11) is 3.74.